The molecule has 0 radical (unpaired) electrons. The zero-order valence-electron chi connectivity index (χ0n) is 14.3. The quantitative estimate of drug-likeness (QED) is 0.859. The maximum atomic E-state index is 6.28. The Hall–Kier alpha value is -0.120. The number of hydrogen-bond acceptors (Lipinski definition) is 3. The molecule has 1 aliphatic heterocycles. The van der Waals surface area contributed by atoms with Gasteiger partial charge in [-0.1, -0.05) is 20.8 Å². The standard InChI is InChI=1S/C17H35N3/c1-14-9-16(2,3)12-17(10-14,13-18)20(5)11-15-7-6-8-19(15)4/h14-15H,6-13,18H2,1-5H3. The van der Waals surface area contributed by atoms with E-state index in [4.69, 9.17) is 5.73 Å². The second-order valence-corrected chi connectivity index (χ2v) is 8.44. The van der Waals surface area contributed by atoms with Crippen molar-refractivity contribution in [2.24, 2.45) is 17.1 Å². The molecular weight excluding hydrogens is 246 g/mol. The Bertz CT molecular complexity index is 328. The summed E-state index contributed by atoms with van der Waals surface area (Å²) in [5.74, 6) is 0.783. The lowest BCUT2D eigenvalue weighted by Gasteiger charge is -2.52. The topological polar surface area (TPSA) is 32.5 Å². The predicted octanol–water partition coefficient (Wildman–Crippen LogP) is 2.56. The Morgan fingerprint density at radius 3 is 2.50 bits per heavy atom. The molecule has 3 nitrogen and oxygen atoms in total. The second kappa shape index (κ2) is 5.94. The third kappa shape index (κ3) is 3.37. The number of likely N-dealkylation sites (tertiary alicyclic amines) is 1. The van der Waals surface area contributed by atoms with Crippen molar-refractivity contribution in [1.29, 1.82) is 0 Å². The monoisotopic (exact) mass is 281 g/mol. The van der Waals surface area contributed by atoms with Gasteiger partial charge < -0.3 is 10.6 Å². The average Bonchev–Trinajstić information content (AvgIpc) is 2.72. The Morgan fingerprint density at radius 2 is 2.00 bits per heavy atom. The van der Waals surface area contributed by atoms with Gasteiger partial charge in [0.15, 0.2) is 0 Å². The highest BCUT2D eigenvalue weighted by atomic mass is 15.2. The summed E-state index contributed by atoms with van der Waals surface area (Å²) in [5.41, 5.74) is 6.91. The summed E-state index contributed by atoms with van der Waals surface area (Å²) >= 11 is 0. The summed E-state index contributed by atoms with van der Waals surface area (Å²) in [7, 11) is 4.58. The van der Waals surface area contributed by atoms with Crippen LogP contribution < -0.4 is 5.73 Å². The predicted molar refractivity (Wildman–Crippen MR) is 86.9 cm³/mol. The highest BCUT2D eigenvalue weighted by Gasteiger charge is 2.45. The van der Waals surface area contributed by atoms with E-state index in [-0.39, 0.29) is 5.54 Å². The zero-order valence-corrected chi connectivity index (χ0v) is 14.3. The first-order valence-corrected chi connectivity index (χ1v) is 8.40. The van der Waals surface area contributed by atoms with Crippen LogP contribution >= 0.6 is 0 Å². The fraction of sp³-hybridized carbons (Fsp3) is 1.00. The highest BCUT2D eigenvalue weighted by molar-refractivity contribution is 5.01. The van der Waals surface area contributed by atoms with Gasteiger partial charge in [-0.2, -0.15) is 0 Å². The molecule has 3 heteroatoms. The zero-order chi connectivity index (χ0) is 15.0. The fourth-order valence-corrected chi connectivity index (χ4v) is 5.02. The van der Waals surface area contributed by atoms with Crippen LogP contribution in [-0.4, -0.2) is 55.1 Å². The molecule has 0 aromatic carbocycles. The van der Waals surface area contributed by atoms with E-state index >= 15 is 0 Å². The van der Waals surface area contributed by atoms with Gasteiger partial charge in [-0.05, 0) is 64.1 Å². The van der Waals surface area contributed by atoms with E-state index in [9.17, 15) is 0 Å². The lowest BCUT2D eigenvalue weighted by Crippen LogP contribution is -2.59. The molecule has 2 rings (SSSR count). The maximum absolute atomic E-state index is 6.28. The summed E-state index contributed by atoms with van der Waals surface area (Å²) in [6.07, 6.45) is 6.55. The van der Waals surface area contributed by atoms with Crippen molar-refractivity contribution in [2.45, 2.75) is 64.5 Å². The van der Waals surface area contributed by atoms with Crippen LogP contribution in [0.25, 0.3) is 0 Å². The molecule has 20 heavy (non-hydrogen) atoms. The highest BCUT2D eigenvalue weighted by Crippen LogP contribution is 2.46. The third-order valence-corrected chi connectivity index (χ3v) is 5.78. The molecule has 0 spiro atoms. The van der Waals surface area contributed by atoms with Crippen LogP contribution in [0.15, 0.2) is 0 Å². The summed E-state index contributed by atoms with van der Waals surface area (Å²) in [6.45, 7) is 10.5. The van der Waals surface area contributed by atoms with Crippen molar-refractivity contribution < 1.29 is 0 Å². The molecule has 2 aliphatic rings. The summed E-state index contributed by atoms with van der Waals surface area (Å²) in [6, 6.07) is 0.726. The molecule has 0 bridgehead atoms. The molecule has 3 unspecified atom stereocenters. The van der Waals surface area contributed by atoms with E-state index in [1.807, 2.05) is 0 Å². The molecule has 2 fully saturated rings. The molecule has 3 atom stereocenters. The van der Waals surface area contributed by atoms with Crippen LogP contribution in [0.5, 0.6) is 0 Å². The van der Waals surface area contributed by atoms with E-state index in [0.29, 0.717) is 5.41 Å². The van der Waals surface area contributed by atoms with Crippen LogP contribution in [0.1, 0.15) is 52.9 Å². The summed E-state index contributed by atoms with van der Waals surface area (Å²) < 4.78 is 0. The lowest BCUT2D eigenvalue weighted by molar-refractivity contribution is -0.00587. The van der Waals surface area contributed by atoms with Gasteiger partial charge in [-0.15, -0.1) is 0 Å². The SMILES string of the molecule is CC1CC(C)(C)CC(CN)(N(C)CC2CCCN2C)C1. The third-order valence-electron chi connectivity index (χ3n) is 5.78. The van der Waals surface area contributed by atoms with E-state index in [1.165, 1.54) is 45.2 Å². The lowest BCUT2D eigenvalue weighted by atomic mass is 9.63. The first-order valence-electron chi connectivity index (χ1n) is 8.40. The normalized spacial score (nSPS) is 38.5. The molecule has 2 N–H and O–H groups in total. The van der Waals surface area contributed by atoms with Gasteiger partial charge in [0, 0.05) is 24.7 Å². The van der Waals surface area contributed by atoms with Crippen molar-refractivity contribution in [3.63, 3.8) is 0 Å². The average molecular weight is 281 g/mol. The molecular formula is C17H35N3. The van der Waals surface area contributed by atoms with Gasteiger partial charge in [-0.3, -0.25) is 4.90 Å². The minimum atomic E-state index is 0.213. The van der Waals surface area contributed by atoms with Crippen molar-refractivity contribution in [3.05, 3.63) is 0 Å². The van der Waals surface area contributed by atoms with Crippen molar-refractivity contribution in [3.8, 4) is 0 Å². The van der Waals surface area contributed by atoms with Gasteiger partial charge in [-0.25, -0.2) is 0 Å². The maximum Gasteiger partial charge on any atom is 0.0336 e. The summed E-state index contributed by atoms with van der Waals surface area (Å²) in [4.78, 5) is 5.13. The van der Waals surface area contributed by atoms with Gasteiger partial charge in [0.25, 0.3) is 0 Å². The molecule has 1 saturated heterocycles. The minimum Gasteiger partial charge on any atom is -0.329 e. The molecule has 0 aromatic heterocycles. The molecule has 1 saturated carbocycles. The first kappa shape index (κ1) is 16.3. The van der Waals surface area contributed by atoms with Gasteiger partial charge in [0.2, 0.25) is 0 Å². The molecule has 0 aromatic rings. The van der Waals surface area contributed by atoms with Crippen LogP contribution in [0, 0.1) is 11.3 Å². The van der Waals surface area contributed by atoms with Crippen molar-refractivity contribution >= 4 is 0 Å². The number of nitrogens with zero attached hydrogens (tertiary/aromatic N) is 2. The molecule has 118 valence electrons. The fourth-order valence-electron chi connectivity index (χ4n) is 5.02. The Balaban J connectivity index is 2.08. The number of hydrogen-bond donors (Lipinski definition) is 1. The Labute approximate surface area is 125 Å². The molecule has 1 aliphatic carbocycles. The summed E-state index contributed by atoms with van der Waals surface area (Å²) in [5, 5.41) is 0. The van der Waals surface area contributed by atoms with Crippen LogP contribution in [-0.2, 0) is 0 Å². The van der Waals surface area contributed by atoms with E-state index in [1.54, 1.807) is 0 Å². The number of rotatable bonds is 4. The van der Waals surface area contributed by atoms with E-state index < -0.39 is 0 Å². The van der Waals surface area contributed by atoms with Gasteiger partial charge >= 0.3 is 0 Å². The number of nitrogens with two attached hydrogens (primary N) is 1. The van der Waals surface area contributed by atoms with E-state index in [2.05, 4.69) is 44.7 Å². The van der Waals surface area contributed by atoms with Crippen LogP contribution in [0.4, 0.5) is 0 Å². The first-order chi connectivity index (χ1) is 9.28. The Morgan fingerprint density at radius 1 is 1.30 bits per heavy atom. The molecule has 1 heterocycles. The smallest absolute Gasteiger partial charge is 0.0336 e. The van der Waals surface area contributed by atoms with Crippen LogP contribution in [0.2, 0.25) is 0 Å². The van der Waals surface area contributed by atoms with Gasteiger partial charge in [0.05, 0.1) is 0 Å². The van der Waals surface area contributed by atoms with Crippen molar-refractivity contribution in [2.75, 3.05) is 33.7 Å². The molecule has 0 amide bonds. The van der Waals surface area contributed by atoms with Gasteiger partial charge in [0.1, 0.15) is 0 Å². The largest absolute Gasteiger partial charge is 0.329 e. The second-order valence-electron chi connectivity index (χ2n) is 8.44. The van der Waals surface area contributed by atoms with E-state index in [0.717, 1.165) is 18.5 Å². The van der Waals surface area contributed by atoms with Crippen LogP contribution in [0.3, 0.4) is 0 Å². The Kier molecular flexibility index (Phi) is 4.83. The minimum absolute atomic E-state index is 0.213. The van der Waals surface area contributed by atoms with Crippen molar-refractivity contribution in [1.82, 2.24) is 9.80 Å². The number of likely N-dealkylation sites (N-methyl/N-ethyl adjacent to an activating group) is 2.